The molecule has 7 unspecified atom stereocenters. The molecule has 0 aromatic rings. The average molecular weight is 344 g/mol. The summed E-state index contributed by atoms with van der Waals surface area (Å²) in [4.78, 5) is 24.1. The second-order valence-electron chi connectivity index (χ2n) is 9.05. The zero-order chi connectivity index (χ0) is 18.6. The van der Waals surface area contributed by atoms with Crippen molar-refractivity contribution < 1.29 is 14.7 Å². The zero-order valence-corrected chi connectivity index (χ0v) is 16.2. The monoisotopic (exact) mass is 344 g/mol. The molecule has 3 aliphatic carbocycles. The lowest BCUT2D eigenvalue weighted by molar-refractivity contribution is -0.147. The molecule has 0 bridgehead atoms. The predicted molar refractivity (Wildman–Crippen MR) is 98.9 cm³/mol. The molecule has 0 amide bonds. The lowest BCUT2D eigenvalue weighted by Crippen LogP contribution is -2.57. The third-order valence-electron chi connectivity index (χ3n) is 7.94. The summed E-state index contributed by atoms with van der Waals surface area (Å²) in [7, 11) is 0. The molecule has 0 saturated heterocycles. The van der Waals surface area contributed by atoms with E-state index >= 15 is 0 Å². The quantitative estimate of drug-likeness (QED) is 0.838. The molecule has 0 radical (unpaired) electrons. The summed E-state index contributed by atoms with van der Waals surface area (Å²) in [6.07, 6.45) is 8.45. The van der Waals surface area contributed by atoms with Gasteiger partial charge in [0.15, 0.2) is 5.78 Å². The Hall–Kier alpha value is -1.22. The molecular weight excluding hydrogens is 312 g/mol. The molecule has 0 heterocycles. The van der Waals surface area contributed by atoms with Crippen LogP contribution < -0.4 is 0 Å². The molecule has 138 valence electrons. The van der Waals surface area contributed by atoms with Crippen molar-refractivity contribution in [1.82, 2.24) is 0 Å². The van der Waals surface area contributed by atoms with Crippen LogP contribution in [-0.4, -0.2) is 22.8 Å². The van der Waals surface area contributed by atoms with E-state index in [1.807, 2.05) is 6.08 Å². The maximum Gasteiger partial charge on any atom is 0.178 e. The van der Waals surface area contributed by atoms with E-state index in [9.17, 15) is 14.7 Å². The molecule has 2 fully saturated rings. The molecule has 1 N–H and O–H groups in total. The van der Waals surface area contributed by atoms with Gasteiger partial charge in [0, 0.05) is 17.3 Å². The molecule has 0 aromatic carbocycles. The number of fused-ring (bicyclic) bond motifs is 3. The van der Waals surface area contributed by atoms with Gasteiger partial charge in [0.1, 0.15) is 5.78 Å². The van der Waals surface area contributed by atoms with Crippen molar-refractivity contribution in [3.05, 3.63) is 23.8 Å². The maximum absolute atomic E-state index is 12.3. The molecule has 3 rings (SSSR count). The van der Waals surface area contributed by atoms with Gasteiger partial charge in [-0.1, -0.05) is 39.3 Å². The minimum absolute atomic E-state index is 0.00585. The van der Waals surface area contributed by atoms with Gasteiger partial charge in [-0.25, -0.2) is 0 Å². The fourth-order valence-corrected chi connectivity index (χ4v) is 6.53. The largest absolute Gasteiger partial charge is 0.393 e. The van der Waals surface area contributed by atoms with Gasteiger partial charge in [-0.15, -0.1) is 0 Å². The third-order valence-corrected chi connectivity index (χ3v) is 7.94. The Balaban J connectivity index is 2.00. The number of Topliss-reactive ketones (excluding diaryl/α,β-unsaturated/α-hetero) is 1. The Morgan fingerprint density at radius 2 is 2.08 bits per heavy atom. The highest BCUT2D eigenvalue weighted by Gasteiger charge is 2.58. The predicted octanol–water partition coefficient (Wildman–Crippen LogP) is 4.11. The highest BCUT2D eigenvalue weighted by molar-refractivity contribution is 6.01. The number of carbonyl (C=O) groups excluding carboxylic acids is 2. The average Bonchev–Trinajstić information content (AvgIpc) is 2.52. The maximum atomic E-state index is 12.3. The van der Waals surface area contributed by atoms with E-state index in [1.165, 1.54) is 5.57 Å². The van der Waals surface area contributed by atoms with Gasteiger partial charge >= 0.3 is 0 Å². The van der Waals surface area contributed by atoms with Gasteiger partial charge in [-0.2, -0.15) is 0 Å². The van der Waals surface area contributed by atoms with Crippen LogP contribution in [0.25, 0.3) is 0 Å². The van der Waals surface area contributed by atoms with Crippen molar-refractivity contribution in [2.75, 3.05) is 0 Å². The molecular formula is C22H32O3. The minimum atomic E-state index is -0.439. The van der Waals surface area contributed by atoms with Crippen LogP contribution in [-0.2, 0) is 9.59 Å². The van der Waals surface area contributed by atoms with Crippen molar-refractivity contribution in [2.24, 2.45) is 34.5 Å². The second-order valence-corrected chi connectivity index (χ2v) is 9.05. The fourth-order valence-electron chi connectivity index (χ4n) is 6.53. The molecule has 2 saturated carbocycles. The Kier molecular flexibility index (Phi) is 4.60. The number of carbonyl (C=O) groups is 2. The summed E-state index contributed by atoms with van der Waals surface area (Å²) in [5, 5.41) is 11.2. The van der Waals surface area contributed by atoms with Gasteiger partial charge in [-0.05, 0) is 62.0 Å². The Bertz CT molecular complexity index is 646. The zero-order valence-electron chi connectivity index (χ0n) is 16.2. The SMILES string of the molecule is CCC(C(C)=O)C1(C)CC(O)C2C(CCC3=CC(=O)C=CC32C)C1C. The number of aliphatic hydroxyl groups excluding tert-OH is 1. The van der Waals surface area contributed by atoms with E-state index in [-0.39, 0.29) is 34.2 Å². The molecule has 0 aromatic heterocycles. The molecule has 3 nitrogen and oxygen atoms in total. The van der Waals surface area contributed by atoms with Crippen LogP contribution in [0.3, 0.4) is 0 Å². The van der Waals surface area contributed by atoms with Crippen molar-refractivity contribution in [3.8, 4) is 0 Å². The van der Waals surface area contributed by atoms with E-state index in [4.69, 9.17) is 0 Å². The van der Waals surface area contributed by atoms with Crippen LogP contribution in [0.1, 0.15) is 60.3 Å². The highest BCUT2D eigenvalue weighted by Crippen LogP contribution is 2.62. The number of hydrogen-bond acceptors (Lipinski definition) is 3. The first-order chi connectivity index (χ1) is 11.6. The van der Waals surface area contributed by atoms with Crippen LogP contribution in [0, 0.1) is 34.5 Å². The molecule has 3 aliphatic rings. The fraction of sp³-hybridized carbons (Fsp3) is 0.727. The number of aliphatic hydroxyl groups is 1. The number of allylic oxidation sites excluding steroid dienone is 4. The summed E-state index contributed by atoms with van der Waals surface area (Å²) in [5.74, 6) is 1.20. The van der Waals surface area contributed by atoms with Crippen LogP contribution in [0.5, 0.6) is 0 Å². The molecule has 3 heteroatoms. The van der Waals surface area contributed by atoms with Crippen molar-refractivity contribution >= 4 is 11.6 Å². The number of rotatable bonds is 3. The van der Waals surface area contributed by atoms with E-state index in [1.54, 1.807) is 19.1 Å². The van der Waals surface area contributed by atoms with E-state index in [0.29, 0.717) is 18.3 Å². The van der Waals surface area contributed by atoms with Crippen LogP contribution in [0.15, 0.2) is 23.8 Å². The van der Waals surface area contributed by atoms with E-state index in [0.717, 1.165) is 19.3 Å². The van der Waals surface area contributed by atoms with Gasteiger partial charge < -0.3 is 5.11 Å². The Morgan fingerprint density at radius 3 is 2.68 bits per heavy atom. The summed E-state index contributed by atoms with van der Waals surface area (Å²) in [5.41, 5.74) is 0.784. The van der Waals surface area contributed by atoms with Crippen LogP contribution >= 0.6 is 0 Å². The lowest BCUT2D eigenvalue weighted by atomic mass is 9.45. The molecule has 0 spiro atoms. The van der Waals surface area contributed by atoms with Crippen LogP contribution in [0.2, 0.25) is 0 Å². The van der Waals surface area contributed by atoms with Crippen molar-refractivity contribution in [1.29, 1.82) is 0 Å². The first kappa shape index (κ1) is 18.6. The smallest absolute Gasteiger partial charge is 0.178 e. The number of hydrogen-bond donors (Lipinski definition) is 1. The molecule has 0 aliphatic heterocycles. The van der Waals surface area contributed by atoms with Gasteiger partial charge in [0.25, 0.3) is 0 Å². The molecule has 7 atom stereocenters. The van der Waals surface area contributed by atoms with Crippen molar-refractivity contribution in [2.45, 2.75) is 66.4 Å². The Labute approximate surface area is 151 Å². The van der Waals surface area contributed by atoms with Gasteiger partial charge in [-0.3, -0.25) is 9.59 Å². The standard InChI is InChI=1S/C22H32O3/c1-6-18(14(3)23)22(5)12-19(25)20-17(13(22)2)8-7-15-11-16(24)9-10-21(15,20)4/h9-11,13,17-20,25H,6-8,12H2,1-5H3. The second kappa shape index (κ2) is 6.19. The summed E-state index contributed by atoms with van der Waals surface area (Å²) in [6, 6.07) is 0. The van der Waals surface area contributed by atoms with E-state index < -0.39 is 6.10 Å². The summed E-state index contributed by atoms with van der Waals surface area (Å²) >= 11 is 0. The third kappa shape index (κ3) is 2.66. The minimum Gasteiger partial charge on any atom is -0.393 e. The van der Waals surface area contributed by atoms with E-state index in [2.05, 4.69) is 27.7 Å². The number of ketones is 2. The van der Waals surface area contributed by atoms with Gasteiger partial charge in [0.05, 0.1) is 6.10 Å². The highest BCUT2D eigenvalue weighted by atomic mass is 16.3. The Morgan fingerprint density at radius 1 is 1.40 bits per heavy atom. The van der Waals surface area contributed by atoms with Crippen molar-refractivity contribution in [3.63, 3.8) is 0 Å². The van der Waals surface area contributed by atoms with Crippen LogP contribution in [0.4, 0.5) is 0 Å². The first-order valence-electron chi connectivity index (χ1n) is 9.78. The first-order valence-corrected chi connectivity index (χ1v) is 9.78. The summed E-state index contributed by atoms with van der Waals surface area (Å²) in [6.45, 7) is 10.5. The summed E-state index contributed by atoms with van der Waals surface area (Å²) < 4.78 is 0. The van der Waals surface area contributed by atoms with Gasteiger partial charge in [0.2, 0.25) is 0 Å². The lowest BCUT2D eigenvalue weighted by Gasteiger charge is -2.60. The topological polar surface area (TPSA) is 54.4 Å². The normalized spacial score (nSPS) is 44.6. The molecule has 25 heavy (non-hydrogen) atoms.